The van der Waals surface area contributed by atoms with Gasteiger partial charge in [0.05, 0.1) is 0 Å². The van der Waals surface area contributed by atoms with Crippen molar-refractivity contribution in [2.24, 2.45) is 10.7 Å². The molecular weight excluding hydrogens is 437 g/mol. The predicted molar refractivity (Wildman–Crippen MR) is 123 cm³/mol. The number of nitrogens with one attached hydrogen (secondary N) is 2. The third-order valence-electron chi connectivity index (χ3n) is 4.20. The molecule has 1 aromatic carbocycles. The number of nitrogens with zero attached hydrogens (tertiary/aromatic N) is 2. The molecule has 5 nitrogen and oxygen atoms in total. The first-order valence-corrected chi connectivity index (χ1v) is 9.01. The maximum atomic E-state index is 5.95. The Kier molecular flexibility index (Phi) is 10.7. The van der Waals surface area contributed by atoms with Crippen molar-refractivity contribution in [1.29, 1.82) is 0 Å². The molecule has 1 unspecified atom stereocenters. The minimum atomic E-state index is 0. The first-order chi connectivity index (χ1) is 12.2. The van der Waals surface area contributed by atoms with Crippen molar-refractivity contribution in [2.45, 2.75) is 39.0 Å². The highest BCUT2D eigenvalue weighted by Gasteiger charge is 2.02. The lowest BCUT2D eigenvalue weighted by Crippen LogP contribution is -2.22. The third kappa shape index (κ3) is 8.03. The van der Waals surface area contributed by atoms with E-state index in [4.69, 9.17) is 5.73 Å². The lowest BCUT2D eigenvalue weighted by atomic mass is 9.99. The second-order valence-electron chi connectivity index (χ2n) is 6.17. The molecule has 0 fully saturated rings. The molecule has 0 amide bonds. The Labute approximate surface area is 173 Å². The number of nitrogens with two attached hydrogens (primary N) is 1. The molecule has 2 aromatic rings. The monoisotopic (exact) mass is 467 g/mol. The average molecular weight is 467 g/mol. The maximum absolute atomic E-state index is 5.95. The lowest BCUT2D eigenvalue weighted by molar-refractivity contribution is 0.734. The van der Waals surface area contributed by atoms with Crippen LogP contribution >= 0.6 is 24.0 Å². The van der Waals surface area contributed by atoms with E-state index < -0.39 is 0 Å². The number of anilines is 2. The van der Waals surface area contributed by atoms with E-state index in [9.17, 15) is 0 Å². The molecule has 0 bridgehead atoms. The van der Waals surface area contributed by atoms with Gasteiger partial charge in [-0.25, -0.2) is 4.98 Å². The minimum absolute atomic E-state index is 0. The summed E-state index contributed by atoms with van der Waals surface area (Å²) in [5.41, 5.74) is 8.28. The molecule has 1 atom stereocenters. The van der Waals surface area contributed by atoms with Crippen molar-refractivity contribution >= 4 is 41.4 Å². The summed E-state index contributed by atoms with van der Waals surface area (Å²) in [6, 6.07) is 14.3. The van der Waals surface area contributed by atoms with Gasteiger partial charge in [0.15, 0.2) is 5.96 Å². The van der Waals surface area contributed by atoms with Crippen LogP contribution in [0.1, 0.15) is 44.6 Å². The van der Waals surface area contributed by atoms with Gasteiger partial charge in [-0.3, -0.25) is 4.99 Å². The Morgan fingerprint density at radius 2 is 1.92 bits per heavy atom. The zero-order valence-corrected chi connectivity index (χ0v) is 17.9. The number of aliphatic imine (C=N–C) groups is 1. The molecular formula is C20H30IN5. The van der Waals surface area contributed by atoms with Gasteiger partial charge in [0, 0.05) is 25.0 Å². The fourth-order valence-electron chi connectivity index (χ4n) is 2.44. The number of unbranched alkanes of at least 4 members (excludes halogenated alkanes) is 1. The molecule has 0 aliphatic carbocycles. The van der Waals surface area contributed by atoms with Crippen LogP contribution in [-0.2, 0) is 0 Å². The molecule has 4 N–H and O–H groups in total. The third-order valence-corrected chi connectivity index (χ3v) is 4.20. The van der Waals surface area contributed by atoms with Crippen LogP contribution in [0.25, 0.3) is 0 Å². The van der Waals surface area contributed by atoms with E-state index in [2.05, 4.69) is 58.7 Å². The molecule has 0 aliphatic heterocycles. The maximum Gasteiger partial charge on any atom is 0.193 e. The molecule has 0 aliphatic rings. The SMILES string of the molecule is CCC(C)c1ccc(NC(N)=NCCCCNc2ccccn2)cc1.I. The highest BCUT2D eigenvalue weighted by Crippen LogP contribution is 2.20. The Bertz CT molecular complexity index is 643. The number of halogens is 1. The Hall–Kier alpha value is -1.83. The van der Waals surface area contributed by atoms with E-state index in [0.29, 0.717) is 18.4 Å². The summed E-state index contributed by atoms with van der Waals surface area (Å²) >= 11 is 0. The van der Waals surface area contributed by atoms with Gasteiger partial charge in [-0.2, -0.15) is 0 Å². The summed E-state index contributed by atoms with van der Waals surface area (Å²) in [5.74, 6) is 1.96. The van der Waals surface area contributed by atoms with Crippen molar-refractivity contribution in [3.8, 4) is 0 Å². The smallest absolute Gasteiger partial charge is 0.193 e. The van der Waals surface area contributed by atoms with Gasteiger partial charge in [0.2, 0.25) is 0 Å². The molecule has 0 radical (unpaired) electrons. The van der Waals surface area contributed by atoms with Crippen molar-refractivity contribution in [3.05, 3.63) is 54.2 Å². The van der Waals surface area contributed by atoms with E-state index in [1.807, 2.05) is 18.2 Å². The van der Waals surface area contributed by atoms with Crippen molar-refractivity contribution < 1.29 is 0 Å². The highest BCUT2D eigenvalue weighted by molar-refractivity contribution is 14.0. The molecule has 1 heterocycles. The number of rotatable bonds is 9. The fraction of sp³-hybridized carbons (Fsp3) is 0.400. The van der Waals surface area contributed by atoms with Gasteiger partial charge in [-0.15, -0.1) is 24.0 Å². The Balaban J connectivity index is 0.00000338. The average Bonchev–Trinajstić information content (AvgIpc) is 2.65. The minimum Gasteiger partial charge on any atom is -0.370 e. The lowest BCUT2D eigenvalue weighted by Gasteiger charge is -2.11. The molecule has 0 saturated carbocycles. The zero-order chi connectivity index (χ0) is 17.9. The second kappa shape index (κ2) is 12.5. The van der Waals surface area contributed by atoms with Crippen LogP contribution in [-0.4, -0.2) is 24.0 Å². The molecule has 1 aromatic heterocycles. The van der Waals surface area contributed by atoms with Gasteiger partial charge >= 0.3 is 0 Å². The van der Waals surface area contributed by atoms with E-state index in [1.54, 1.807) is 6.20 Å². The molecule has 0 saturated heterocycles. The van der Waals surface area contributed by atoms with Crippen LogP contribution in [0.2, 0.25) is 0 Å². The summed E-state index contributed by atoms with van der Waals surface area (Å²) in [5, 5.41) is 6.43. The summed E-state index contributed by atoms with van der Waals surface area (Å²) in [4.78, 5) is 8.60. The standard InChI is InChI=1S/C20H29N5.HI/c1-3-16(2)17-9-11-18(12-10-17)25-20(21)24-15-7-6-14-23-19-8-4-5-13-22-19;/h4-5,8-13,16H,3,6-7,14-15H2,1-2H3,(H,22,23)(H3,21,24,25);1H. The van der Waals surface area contributed by atoms with E-state index in [-0.39, 0.29) is 24.0 Å². The van der Waals surface area contributed by atoms with Crippen LogP contribution < -0.4 is 16.4 Å². The van der Waals surface area contributed by atoms with Crippen LogP contribution in [0.5, 0.6) is 0 Å². The van der Waals surface area contributed by atoms with Crippen LogP contribution in [0.15, 0.2) is 53.7 Å². The van der Waals surface area contributed by atoms with E-state index >= 15 is 0 Å². The van der Waals surface area contributed by atoms with Crippen LogP contribution in [0.3, 0.4) is 0 Å². The highest BCUT2D eigenvalue weighted by atomic mass is 127. The first kappa shape index (κ1) is 22.2. The molecule has 26 heavy (non-hydrogen) atoms. The van der Waals surface area contributed by atoms with Crippen LogP contribution in [0.4, 0.5) is 11.5 Å². The summed E-state index contributed by atoms with van der Waals surface area (Å²) in [6.07, 6.45) is 4.94. The fourth-order valence-corrected chi connectivity index (χ4v) is 2.44. The van der Waals surface area contributed by atoms with Gasteiger partial charge in [-0.1, -0.05) is 32.0 Å². The normalized spacial score (nSPS) is 12.2. The first-order valence-electron chi connectivity index (χ1n) is 9.01. The van der Waals surface area contributed by atoms with Gasteiger partial charge in [0.25, 0.3) is 0 Å². The second-order valence-corrected chi connectivity index (χ2v) is 6.17. The quantitative estimate of drug-likeness (QED) is 0.214. The Morgan fingerprint density at radius 3 is 2.58 bits per heavy atom. The van der Waals surface area contributed by atoms with Crippen molar-refractivity contribution in [3.63, 3.8) is 0 Å². The number of benzene rings is 1. The van der Waals surface area contributed by atoms with E-state index in [0.717, 1.165) is 37.3 Å². The number of hydrogen-bond donors (Lipinski definition) is 3. The van der Waals surface area contributed by atoms with E-state index in [1.165, 1.54) is 5.56 Å². The predicted octanol–water partition coefficient (Wildman–Crippen LogP) is 4.83. The zero-order valence-electron chi connectivity index (χ0n) is 15.6. The molecule has 0 spiro atoms. The van der Waals surface area contributed by atoms with Crippen LogP contribution in [0, 0.1) is 0 Å². The van der Waals surface area contributed by atoms with Gasteiger partial charge < -0.3 is 16.4 Å². The van der Waals surface area contributed by atoms with Crippen molar-refractivity contribution in [2.75, 3.05) is 23.7 Å². The van der Waals surface area contributed by atoms with Crippen molar-refractivity contribution in [1.82, 2.24) is 4.98 Å². The summed E-state index contributed by atoms with van der Waals surface area (Å²) < 4.78 is 0. The number of guanidine groups is 1. The largest absolute Gasteiger partial charge is 0.370 e. The molecule has 2 rings (SSSR count). The summed E-state index contributed by atoms with van der Waals surface area (Å²) in [7, 11) is 0. The number of hydrogen-bond acceptors (Lipinski definition) is 3. The summed E-state index contributed by atoms with van der Waals surface area (Å²) in [6.45, 7) is 6.04. The molecule has 142 valence electrons. The molecule has 6 heteroatoms. The van der Waals surface area contributed by atoms with Gasteiger partial charge in [0.1, 0.15) is 5.82 Å². The Morgan fingerprint density at radius 1 is 1.15 bits per heavy atom. The number of pyridine rings is 1. The van der Waals surface area contributed by atoms with Gasteiger partial charge in [-0.05, 0) is 55.0 Å². The number of aromatic nitrogens is 1. The topological polar surface area (TPSA) is 75.3 Å².